The molecule has 0 spiro atoms. The number of piperidine rings is 1. The van der Waals surface area contributed by atoms with Crippen molar-refractivity contribution in [2.24, 2.45) is 5.92 Å². The molecule has 2 aliphatic heterocycles. The van der Waals surface area contributed by atoms with Gasteiger partial charge in [0.2, 0.25) is 5.91 Å². The first kappa shape index (κ1) is 11.9. The van der Waals surface area contributed by atoms with E-state index < -0.39 is 0 Å². The van der Waals surface area contributed by atoms with E-state index in [1.165, 1.54) is 0 Å². The van der Waals surface area contributed by atoms with Gasteiger partial charge in [0.1, 0.15) is 0 Å². The predicted molar refractivity (Wildman–Crippen MR) is 62.2 cm³/mol. The van der Waals surface area contributed by atoms with E-state index in [-0.39, 0.29) is 17.9 Å². The SMILES string of the molecule is CC1NCCCC1C(=O)NCC1CCCO1. The standard InChI is InChI=1S/C12H22N2O2/c1-9-11(5-2-6-13-9)12(15)14-8-10-4-3-7-16-10/h9-11,13H,2-8H2,1H3,(H,14,15). The van der Waals surface area contributed by atoms with Crippen LogP contribution in [0.1, 0.15) is 32.6 Å². The van der Waals surface area contributed by atoms with Gasteiger partial charge in [0.25, 0.3) is 0 Å². The van der Waals surface area contributed by atoms with E-state index in [0.29, 0.717) is 12.6 Å². The Labute approximate surface area is 97.1 Å². The predicted octanol–water partition coefficient (Wildman–Crippen LogP) is 0.670. The number of hydrogen-bond donors (Lipinski definition) is 2. The van der Waals surface area contributed by atoms with Gasteiger partial charge in [-0.3, -0.25) is 4.79 Å². The fourth-order valence-electron chi connectivity index (χ4n) is 2.55. The summed E-state index contributed by atoms with van der Waals surface area (Å²) in [6, 6.07) is 0.304. The maximum atomic E-state index is 12.0. The van der Waals surface area contributed by atoms with Crippen molar-refractivity contribution in [3.05, 3.63) is 0 Å². The summed E-state index contributed by atoms with van der Waals surface area (Å²) < 4.78 is 5.49. The topological polar surface area (TPSA) is 50.4 Å². The molecule has 2 heterocycles. The second kappa shape index (κ2) is 5.64. The van der Waals surface area contributed by atoms with E-state index in [0.717, 1.165) is 38.8 Å². The highest BCUT2D eigenvalue weighted by Gasteiger charge is 2.28. The van der Waals surface area contributed by atoms with Gasteiger partial charge in [0.05, 0.1) is 12.0 Å². The zero-order valence-corrected chi connectivity index (χ0v) is 10.00. The Morgan fingerprint density at radius 1 is 1.44 bits per heavy atom. The fourth-order valence-corrected chi connectivity index (χ4v) is 2.55. The van der Waals surface area contributed by atoms with E-state index in [4.69, 9.17) is 4.74 Å². The summed E-state index contributed by atoms with van der Waals surface area (Å²) in [5.41, 5.74) is 0. The van der Waals surface area contributed by atoms with E-state index in [1.54, 1.807) is 0 Å². The van der Waals surface area contributed by atoms with E-state index in [2.05, 4.69) is 17.6 Å². The van der Waals surface area contributed by atoms with Gasteiger partial charge < -0.3 is 15.4 Å². The van der Waals surface area contributed by atoms with Gasteiger partial charge in [-0.1, -0.05) is 0 Å². The number of carbonyl (C=O) groups is 1. The number of hydrogen-bond acceptors (Lipinski definition) is 3. The minimum Gasteiger partial charge on any atom is -0.376 e. The highest BCUT2D eigenvalue weighted by atomic mass is 16.5. The van der Waals surface area contributed by atoms with Crippen molar-refractivity contribution in [2.45, 2.75) is 44.8 Å². The van der Waals surface area contributed by atoms with Crippen LogP contribution in [0.2, 0.25) is 0 Å². The number of amides is 1. The molecule has 2 fully saturated rings. The molecule has 0 saturated carbocycles. The number of carbonyl (C=O) groups excluding carboxylic acids is 1. The minimum absolute atomic E-state index is 0.134. The lowest BCUT2D eigenvalue weighted by molar-refractivity contribution is -0.127. The van der Waals surface area contributed by atoms with Gasteiger partial charge in [-0.15, -0.1) is 0 Å². The molecule has 0 aromatic rings. The summed E-state index contributed by atoms with van der Waals surface area (Å²) in [5, 5.41) is 6.37. The quantitative estimate of drug-likeness (QED) is 0.743. The van der Waals surface area contributed by atoms with Crippen LogP contribution in [-0.4, -0.2) is 37.7 Å². The number of ether oxygens (including phenoxy) is 1. The van der Waals surface area contributed by atoms with Crippen LogP contribution in [0.15, 0.2) is 0 Å². The van der Waals surface area contributed by atoms with Crippen LogP contribution >= 0.6 is 0 Å². The molecule has 2 saturated heterocycles. The molecule has 0 bridgehead atoms. The Morgan fingerprint density at radius 3 is 3.00 bits per heavy atom. The third-order valence-electron chi connectivity index (χ3n) is 3.63. The first-order chi connectivity index (χ1) is 7.77. The Kier molecular flexibility index (Phi) is 4.18. The van der Waals surface area contributed by atoms with Gasteiger partial charge in [-0.25, -0.2) is 0 Å². The summed E-state index contributed by atoms with van der Waals surface area (Å²) in [6.45, 7) is 4.66. The molecular weight excluding hydrogens is 204 g/mol. The van der Waals surface area contributed by atoms with Crippen molar-refractivity contribution in [1.82, 2.24) is 10.6 Å². The molecule has 1 amide bonds. The molecule has 2 rings (SSSR count). The van der Waals surface area contributed by atoms with Gasteiger partial charge in [0, 0.05) is 19.2 Å². The average molecular weight is 226 g/mol. The maximum absolute atomic E-state index is 12.0. The van der Waals surface area contributed by atoms with Crippen molar-refractivity contribution in [2.75, 3.05) is 19.7 Å². The highest BCUT2D eigenvalue weighted by Crippen LogP contribution is 2.17. The van der Waals surface area contributed by atoms with E-state index in [1.807, 2.05) is 0 Å². The molecule has 92 valence electrons. The summed E-state index contributed by atoms with van der Waals surface area (Å²) in [4.78, 5) is 12.0. The van der Waals surface area contributed by atoms with E-state index in [9.17, 15) is 4.79 Å². The van der Waals surface area contributed by atoms with Crippen LogP contribution < -0.4 is 10.6 Å². The van der Waals surface area contributed by atoms with Crippen molar-refractivity contribution in [3.63, 3.8) is 0 Å². The lowest BCUT2D eigenvalue weighted by Crippen LogP contribution is -2.47. The van der Waals surface area contributed by atoms with Gasteiger partial charge in [0.15, 0.2) is 0 Å². The maximum Gasteiger partial charge on any atom is 0.224 e. The zero-order chi connectivity index (χ0) is 11.4. The van der Waals surface area contributed by atoms with Crippen LogP contribution in [0.3, 0.4) is 0 Å². The summed E-state index contributed by atoms with van der Waals surface area (Å²) in [5.74, 6) is 0.324. The molecule has 2 N–H and O–H groups in total. The Hall–Kier alpha value is -0.610. The molecule has 0 radical (unpaired) electrons. The van der Waals surface area contributed by atoms with Crippen LogP contribution in [0, 0.1) is 5.92 Å². The molecule has 0 aromatic carbocycles. The van der Waals surface area contributed by atoms with Crippen molar-refractivity contribution >= 4 is 5.91 Å². The van der Waals surface area contributed by atoms with Crippen LogP contribution in [-0.2, 0) is 9.53 Å². The summed E-state index contributed by atoms with van der Waals surface area (Å²) in [6.07, 6.45) is 4.56. The van der Waals surface area contributed by atoms with Crippen molar-refractivity contribution < 1.29 is 9.53 Å². The van der Waals surface area contributed by atoms with Crippen LogP contribution in [0.4, 0.5) is 0 Å². The van der Waals surface area contributed by atoms with Gasteiger partial charge in [-0.05, 0) is 39.2 Å². The Morgan fingerprint density at radius 2 is 2.31 bits per heavy atom. The van der Waals surface area contributed by atoms with E-state index >= 15 is 0 Å². The van der Waals surface area contributed by atoms with Crippen LogP contribution in [0.5, 0.6) is 0 Å². The van der Waals surface area contributed by atoms with Crippen molar-refractivity contribution in [1.29, 1.82) is 0 Å². The number of rotatable bonds is 3. The second-order valence-corrected chi connectivity index (χ2v) is 4.87. The third kappa shape index (κ3) is 2.95. The molecule has 16 heavy (non-hydrogen) atoms. The summed E-state index contributed by atoms with van der Waals surface area (Å²) in [7, 11) is 0. The second-order valence-electron chi connectivity index (χ2n) is 4.87. The fraction of sp³-hybridized carbons (Fsp3) is 0.917. The summed E-state index contributed by atoms with van der Waals surface area (Å²) >= 11 is 0. The molecule has 4 nitrogen and oxygen atoms in total. The first-order valence-electron chi connectivity index (χ1n) is 6.40. The molecular formula is C12H22N2O2. The zero-order valence-electron chi connectivity index (χ0n) is 10.00. The van der Waals surface area contributed by atoms with Gasteiger partial charge >= 0.3 is 0 Å². The lowest BCUT2D eigenvalue weighted by Gasteiger charge is -2.29. The first-order valence-corrected chi connectivity index (χ1v) is 6.40. The normalized spacial score (nSPS) is 34.9. The molecule has 0 aliphatic carbocycles. The van der Waals surface area contributed by atoms with Gasteiger partial charge in [-0.2, -0.15) is 0 Å². The molecule has 0 aromatic heterocycles. The van der Waals surface area contributed by atoms with Crippen molar-refractivity contribution in [3.8, 4) is 0 Å². The largest absolute Gasteiger partial charge is 0.376 e. The molecule has 3 unspecified atom stereocenters. The monoisotopic (exact) mass is 226 g/mol. The third-order valence-corrected chi connectivity index (χ3v) is 3.63. The lowest BCUT2D eigenvalue weighted by atomic mass is 9.91. The molecule has 4 heteroatoms. The Balaban J connectivity index is 1.73. The smallest absolute Gasteiger partial charge is 0.224 e. The highest BCUT2D eigenvalue weighted by molar-refractivity contribution is 5.79. The average Bonchev–Trinajstić information content (AvgIpc) is 2.79. The minimum atomic E-state index is 0.134. The number of nitrogens with one attached hydrogen (secondary N) is 2. The molecule has 3 atom stereocenters. The van der Waals surface area contributed by atoms with Crippen LogP contribution in [0.25, 0.3) is 0 Å². The molecule has 2 aliphatic rings. The Bertz CT molecular complexity index is 239.